The van der Waals surface area contributed by atoms with Crippen LogP contribution in [-0.4, -0.2) is 37.2 Å². The first-order valence-corrected chi connectivity index (χ1v) is 34.9. The van der Waals surface area contributed by atoms with E-state index >= 15 is 0 Å². The molecular formula is C76H130O6. The Morgan fingerprint density at radius 3 is 0.756 bits per heavy atom. The van der Waals surface area contributed by atoms with E-state index in [9.17, 15) is 14.4 Å². The average Bonchev–Trinajstić information content (AvgIpc) is 3.48. The number of carbonyl (C=O) groups excluding carboxylic acids is 3. The lowest BCUT2D eigenvalue weighted by Crippen LogP contribution is -2.30. The fraction of sp³-hybridized carbons (Fsp3) is 0.724. The van der Waals surface area contributed by atoms with Crippen LogP contribution in [0.3, 0.4) is 0 Å². The lowest BCUT2D eigenvalue weighted by Gasteiger charge is -2.18. The summed E-state index contributed by atoms with van der Waals surface area (Å²) in [5.74, 6) is -0.907. The average molecular weight is 1140 g/mol. The standard InChI is InChI=1S/C76H130O6/c1-4-7-10-13-16-19-22-25-28-31-33-35-36-37-38-39-40-42-43-45-48-51-54-57-60-63-66-69-75(78)81-72-73(71-80-74(77)68-65-62-59-56-53-50-47-30-27-24-21-18-15-12-9-6-3)82-76(79)70-67-64-61-58-55-52-49-46-44-41-34-32-29-26-23-20-17-14-11-8-5-2/h8,11,17,20,22,25-26,29-31,33-34,36-37,41,46-47,49,73H,4-7,9-10,12-16,18-19,21,23-24,27-28,32,35,38-40,42-45,48,50-72H2,1-3H3/b11-8-,20-17-,25-22-,29-26-,33-31-,37-36-,41-34-,47-30-,49-46-. The maximum absolute atomic E-state index is 12.9. The molecule has 0 aromatic carbocycles. The SMILES string of the molecule is CC/C=C\C/C=C\C/C=C\C/C=C\C/C=C\CCCCCCCC(=O)OC(COC(=O)CCCCCCC/C=C\CCCCCCCCC)COC(=O)CCCCCCCCCCCCCC/C=C\C/C=C\C/C=C\CCCCCCC. The smallest absolute Gasteiger partial charge is 0.306 e. The summed E-state index contributed by atoms with van der Waals surface area (Å²) in [4.78, 5) is 38.5. The molecular weight excluding hydrogens is 1010 g/mol. The minimum Gasteiger partial charge on any atom is -0.462 e. The first-order valence-electron chi connectivity index (χ1n) is 34.9. The Kier molecular flexibility index (Phi) is 66.2. The van der Waals surface area contributed by atoms with Crippen molar-refractivity contribution in [2.75, 3.05) is 13.2 Å². The molecule has 0 heterocycles. The summed E-state index contributed by atoms with van der Waals surface area (Å²) in [5, 5.41) is 0. The molecule has 0 spiro atoms. The second-order valence-electron chi connectivity index (χ2n) is 23.1. The van der Waals surface area contributed by atoms with Crippen molar-refractivity contribution >= 4 is 17.9 Å². The van der Waals surface area contributed by atoms with Gasteiger partial charge in [0.15, 0.2) is 6.10 Å². The van der Waals surface area contributed by atoms with Crippen LogP contribution in [-0.2, 0) is 28.6 Å². The van der Waals surface area contributed by atoms with Crippen LogP contribution in [0.5, 0.6) is 0 Å². The fourth-order valence-corrected chi connectivity index (χ4v) is 9.77. The molecule has 0 radical (unpaired) electrons. The van der Waals surface area contributed by atoms with E-state index in [-0.39, 0.29) is 31.1 Å². The summed E-state index contributed by atoms with van der Waals surface area (Å²) in [5.41, 5.74) is 0. The molecule has 0 saturated heterocycles. The summed E-state index contributed by atoms with van der Waals surface area (Å²) < 4.78 is 17.0. The van der Waals surface area contributed by atoms with Crippen LogP contribution in [0.25, 0.3) is 0 Å². The minimum atomic E-state index is -0.796. The van der Waals surface area contributed by atoms with E-state index in [1.807, 2.05) is 0 Å². The predicted octanol–water partition coefficient (Wildman–Crippen LogP) is 24.2. The highest BCUT2D eigenvalue weighted by molar-refractivity contribution is 5.71. The van der Waals surface area contributed by atoms with Crippen LogP contribution in [0.4, 0.5) is 0 Å². The predicted molar refractivity (Wildman–Crippen MR) is 357 cm³/mol. The molecule has 0 N–H and O–H groups in total. The molecule has 0 aromatic rings. The number of hydrogen-bond acceptors (Lipinski definition) is 6. The number of rotatable bonds is 63. The number of esters is 3. The van der Waals surface area contributed by atoms with Gasteiger partial charge >= 0.3 is 17.9 Å². The highest BCUT2D eigenvalue weighted by Crippen LogP contribution is 2.16. The quantitative estimate of drug-likeness (QED) is 0.0261. The highest BCUT2D eigenvalue weighted by atomic mass is 16.6. The van der Waals surface area contributed by atoms with E-state index < -0.39 is 6.10 Å². The second-order valence-corrected chi connectivity index (χ2v) is 23.1. The molecule has 0 aromatic heterocycles. The fourth-order valence-electron chi connectivity index (χ4n) is 9.77. The largest absolute Gasteiger partial charge is 0.462 e. The third-order valence-corrected chi connectivity index (χ3v) is 15.0. The Morgan fingerprint density at radius 2 is 0.476 bits per heavy atom. The zero-order valence-corrected chi connectivity index (χ0v) is 54.0. The maximum Gasteiger partial charge on any atom is 0.306 e. The number of allylic oxidation sites excluding steroid dienone is 18. The Labute approximate surface area is 508 Å². The van der Waals surface area contributed by atoms with Crippen LogP contribution in [0.2, 0.25) is 0 Å². The van der Waals surface area contributed by atoms with Gasteiger partial charge in [0.2, 0.25) is 0 Å². The zero-order chi connectivity index (χ0) is 59.2. The second kappa shape index (κ2) is 69.6. The summed E-state index contributed by atoms with van der Waals surface area (Å²) >= 11 is 0. The first kappa shape index (κ1) is 78.1. The van der Waals surface area contributed by atoms with Gasteiger partial charge in [-0.1, -0.05) is 297 Å². The van der Waals surface area contributed by atoms with Gasteiger partial charge in [-0.05, 0) is 128 Å². The van der Waals surface area contributed by atoms with Crippen LogP contribution in [0.1, 0.15) is 335 Å². The molecule has 0 amide bonds. The van der Waals surface area contributed by atoms with Gasteiger partial charge in [0.1, 0.15) is 13.2 Å². The molecule has 0 fully saturated rings. The lowest BCUT2D eigenvalue weighted by molar-refractivity contribution is -0.167. The molecule has 6 nitrogen and oxygen atoms in total. The van der Waals surface area contributed by atoms with Gasteiger partial charge in [-0.3, -0.25) is 14.4 Å². The molecule has 0 aliphatic rings. The van der Waals surface area contributed by atoms with Gasteiger partial charge in [0.25, 0.3) is 0 Å². The van der Waals surface area contributed by atoms with Crippen molar-refractivity contribution < 1.29 is 28.6 Å². The number of ether oxygens (including phenoxy) is 3. The molecule has 0 saturated carbocycles. The number of unbranched alkanes of at least 4 members (excludes halogenated alkanes) is 34. The third kappa shape index (κ3) is 66.9. The summed E-state index contributed by atoms with van der Waals surface area (Å²) in [6.07, 6.45) is 95.3. The molecule has 470 valence electrons. The Morgan fingerprint density at radius 1 is 0.256 bits per heavy atom. The van der Waals surface area contributed by atoms with E-state index in [1.165, 1.54) is 167 Å². The topological polar surface area (TPSA) is 78.9 Å². The molecule has 6 heteroatoms. The first-order chi connectivity index (χ1) is 40.5. The molecule has 1 unspecified atom stereocenters. The third-order valence-electron chi connectivity index (χ3n) is 15.0. The summed E-state index contributed by atoms with van der Waals surface area (Å²) in [6, 6.07) is 0. The molecule has 0 rings (SSSR count). The van der Waals surface area contributed by atoms with Gasteiger partial charge in [0, 0.05) is 19.3 Å². The molecule has 1 atom stereocenters. The van der Waals surface area contributed by atoms with E-state index in [4.69, 9.17) is 14.2 Å². The zero-order valence-electron chi connectivity index (χ0n) is 54.0. The van der Waals surface area contributed by atoms with Crippen LogP contribution < -0.4 is 0 Å². The van der Waals surface area contributed by atoms with E-state index in [0.29, 0.717) is 19.3 Å². The van der Waals surface area contributed by atoms with Gasteiger partial charge in [-0.15, -0.1) is 0 Å². The Bertz CT molecular complexity index is 1640. The Hall–Kier alpha value is -3.93. The molecule has 82 heavy (non-hydrogen) atoms. The van der Waals surface area contributed by atoms with Crippen molar-refractivity contribution in [1.29, 1.82) is 0 Å². The van der Waals surface area contributed by atoms with Crippen molar-refractivity contribution in [3.8, 4) is 0 Å². The van der Waals surface area contributed by atoms with Crippen molar-refractivity contribution in [2.24, 2.45) is 0 Å². The van der Waals surface area contributed by atoms with Crippen molar-refractivity contribution in [2.45, 2.75) is 341 Å². The number of carbonyl (C=O) groups is 3. The molecule has 0 aliphatic heterocycles. The molecule has 0 aliphatic carbocycles. The van der Waals surface area contributed by atoms with Gasteiger partial charge < -0.3 is 14.2 Å². The van der Waals surface area contributed by atoms with E-state index in [1.54, 1.807) is 0 Å². The Balaban J connectivity index is 4.38. The van der Waals surface area contributed by atoms with Crippen LogP contribution in [0.15, 0.2) is 109 Å². The van der Waals surface area contributed by atoms with Crippen molar-refractivity contribution in [3.05, 3.63) is 109 Å². The van der Waals surface area contributed by atoms with E-state index in [0.717, 1.165) is 128 Å². The lowest BCUT2D eigenvalue weighted by atomic mass is 10.0. The van der Waals surface area contributed by atoms with Crippen LogP contribution >= 0.6 is 0 Å². The summed E-state index contributed by atoms with van der Waals surface area (Å²) in [6.45, 7) is 6.52. The van der Waals surface area contributed by atoms with Gasteiger partial charge in [-0.25, -0.2) is 0 Å². The number of hydrogen-bond donors (Lipinski definition) is 0. The van der Waals surface area contributed by atoms with E-state index in [2.05, 4.69) is 130 Å². The summed E-state index contributed by atoms with van der Waals surface area (Å²) in [7, 11) is 0. The monoisotopic (exact) mass is 1140 g/mol. The normalized spacial score (nSPS) is 12.8. The van der Waals surface area contributed by atoms with Crippen molar-refractivity contribution in [3.63, 3.8) is 0 Å². The van der Waals surface area contributed by atoms with Crippen LogP contribution in [0, 0.1) is 0 Å². The van der Waals surface area contributed by atoms with Gasteiger partial charge in [-0.2, -0.15) is 0 Å². The van der Waals surface area contributed by atoms with Crippen molar-refractivity contribution in [1.82, 2.24) is 0 Å². The minimum absolute atomic E-state index is 0.0894. The van der Waals surface area contributed by atoms with Gasteiger partial charge in [0.05, 0.1) is 0 Å². The highest BCUT2D eigenvalue weighted by Gasteiger charge is 2.19. The molecule has 0 bridgehead atoms. The maximum atomic E-state index is 12.9.